The minimum atomic E-state index is -4.21. The monoisotopic (exact) mass is 669 g/mol. The van der Waals surface area contributed by atoms with Gasteiger partial charge in [0.15, 0.2) is 0 Å². The van der Waals surface area contributed by atoms with Gasteiger partial charge in [0.25, 0.3) is 5.56 Å². The van der Waals surface area contributed by atoms with Crippen LogP contribution >= 0.6 is 15.4 Å². The largest absolute Gasteiger partial charge is 0.468 e. The number of H-pyrrole nitrogens is 1. The van der Waals surface area contributed by atoms with Crippen LogP contribution in [0.15, 0.2) is 46.1 Å². The first-order valence-electron chi connectivity index (χ1n) is 13.8. The van der Waals surface area contributed by atoms with Crippen molar-refractivity contribution in [3.63, 3.8) is 0 Å². The molecular formula is C27H37N5O11P2. The number of carbonyl (C=O) groups excluding carboxylic acids is 1. The third-order valence-corrected chi connectivity index (χ3v) is 11.2. The number of aromatic amines is 1. The molecule has 3 fully saturated rings. The fourth-order valence-electron chi connectivity index (χ4n) is 4.36. The van der Waals surface area contributed by atoms with E-state index in [1.54, 1.807) is 39.7 Å². The molecule has 45 heavy (non-hydrogen) atoms. The number of methoxy groups -OCH3 is 1. The molecule has 3 N–H and O–H groups in total. The summed E-state index contributed by atoms with van der Waals surface area (Å²) in [6, 6.07) is 7.06. The maximum Gasteiger partial charge on any atom is 0.459 e. The van der Waals surface area contributed by atoms with Gasteiger partial charge in [0.05, 0.1) is 19.8 Å². The summed E-state index contributed by atoms with van der Waals surface area (Å²) in [4.78, 5) is 39.2. The van der Waals surface area contributed by atoms with Crippen molar-refractivity contribution < 1.29 is 42.1 Å². The van der Waals surface area contributed by atoms with Crippen LogP contribution < -0.4 is 20.9 Å². The summed E-state index contributed by atoms with van der Waals surface area (Å²) in [5, 5.41) is 13.2. The molecule has 0 aliphatic carbocycles. The normalized spacial score (nSPS) is 23.1. The number of carbonyl (C=O) groups is 1. The van der Waals surface area contributed by atoms with Gasteiger partial charge in [0.1, 0.15) is 36.3 Å². The van der Waals surface area contributed by atoms with Gasteiger partial charge in [-0.3, -0.25) is 32.8 Å². The number of ether oxygens (including phenoxy) is 2. The van der Waals surface area contributed by atoms with Crippen LogP contribution in [0, 0.1) is 11.8 Å². The second kappa shape index (κ2) is 14.6. The number of rotatable bonds is 13. The Labute approximate surface area is 259 Å². The van der Waals surface area contributed by atoms with Gasteiger partial charge in [0.2, 0.25) is 0 Å². The molecule has 4 unspecified atom stereocenters. The zero-order chi connectivity index (χ0) is 31.5. The van der Waals surface area contributed by atoms with Gasteiger partial charge < -0.3 is 19.1 Å². The Balaban J connectivity index is 0.00000461. The minimum Gasteiger partial charge on any atom is -0.468 e. The zero-order valence-electron chi connectivity index (χ0n) is 24.0. The minimum absolute atomic E-state index is 0. The molecule has 1 aromatic heterocycles. The summed E-state index contributed by atoms with van der Waals surface area (Å²) >= 11 is 0. The topological polar surface area (TPSA) is 190 Å². The van der Waals surface area contributed by atoms with E-state index < -0.39 is 63.7 Å². The highest BCUT2D eigenvalue weighted by Gasteiger charge is 2.49. The predicted octanol–water partition coefficient (Wildman–Crippen LogP) is 1.28. The summed E-state index contributed by atoms with van der Waals surface area (Å²) in [7, 11) is -6.10. The molecule has 5 atom stereocenters. The lowest BCUT2D eigenvalue weighted by atomic mass is 10.2. The summed E-state index contributed by atoms with van der Waals surface area (Å²) in [6.45, 7) is 3.53. The molecule has 3 aliphatic heterocycles. The molecule has 0 spiro atoms. The molecule has 2 aromatic rings. The molecule has 5 rings (SSSR count). The van der Waals surface area contributed by atoms with Crippen LogP contribution in [0.4, 0.5) is 0 Å². The van der Waals surface area contributed by atoms with E-state index >= 15 is 0 Å². The van der Waals surface area contributed by atoms with Crippen molar-refractivity contribution in [2.75, 3.05) is 46.5 Å². The maximum atomic E-state index is 13.6. The highest BCUT2D eigenvalue weighted by Crippen LogP contribution is 2.60. The Morgan fingerprint density at radius 1 is 1.16 bits per heavy atom. The van der Waals surface area contributed by atoms with E-state index in [0.29, 0.717) is 26.2 Å². The Morgan fingerprint density at radius 2 is 1.82 bits per heavy atom. The fraction of sp³-hybridized carbons (Fsp3) is 0.519. The van der Waals surface area contributed by atoms with Crippen molar-refractivity contribution >= 4 is 21.4 Å². The highest BCUT2D eigenvalue weighted by atomic mass is 31.2. The van der Waals surface area contributed by atoms with E-state index in [1.165, 1.54) is 20.2 Å². The van der Waals surface area contributed by atoms with Crippen LogP contribution in [0.5, 0.6) is 5.75 Å². The maximum absolute atomic E-state index is 13.6. The Kier molecular flexibility index (Phi) is 11.2. The Morgan fingerprint density at radius 3 is 2.44 bits per heavy atom. The Bertz CT molecular complexity index is 1620. The number of aromatic nitrogens is 2. The average molecular weight is 670 g/mol. The van der Waals surface area contributed by atoms with Crippen LogP contribution in [0.2, 0.25) is 0 Å². The molecule has 4 heterocycles. The highest BCUT2D eigenvalue weighted by molar-refractivity contribution is 7.54. The summed E-state index contributed by atoms with van der Waals surface area (Å²) in [5.74, 6) is 4.80. The molecular weight excluding hydrogens is 632 g/mol. The van der Waals surface area contributed by atoms with Gasteiger partial charge >= 0.3 is 27.1 Å². The number of hydrogen-bond donors (Lipinski definition) is 3. The van der Waals surface area contributed by atoms with Crippen LogP contribution in [-0.4, -0.2) is 94.7 Å². The number of hydrogen-bond acceptors (Lipinski definition) is 11. The molecule has 0 radical (unpaired) electrons. The number of esters is 1. The molecule has 0 amide bonds. The number of nitrogens with zero attached hydrogens (tertiary/aromatic N) is 3. The molecule has 18 heteroatoms. The second-order valence-corrected chi connectivity index (χ2v) is 14.3. The van der Waals surface area contributed by atoms with Gasteiger partial charge in [-0.1, -0.05) is 37.5 Å². The molecule has 3 aliphatic rings. The number of aliphatic hydroxyl groups excluding tert-OH is 1. The standard InChI is InChI=1S/C26H33N5O11P2.CH4/c1-18(25(34)38-2)28-43(36,42-20-8-4-3-5-9-20)40-17-22-21(32)15-23(41-22)31-16-19(24(33)27-26(31)35)7-6-14-39-44(37,29-10-11-29)30-12-13-30;/h3-5,8-9,16,18,21-23,32H,10-15,17H2,1-2H3,(H,28,36)(H,27,33,35);1H4/t18?,21?,22-,23?,43?;/m1./s1. The van der Waals surface area contributed by atoms with Gasteiger partial charge in [-0.25, -0.2) is 18.7 Å². The van der Waals surface area contributed by atoms with Crippen molar-refractivity contribution in [3.8, 4) is 17.6 Å². The van der Waals surface area contributed by atoms with Crippen molar-refractivity contribution in [1.82, 2.24) is 24.0 Å². The first kappa shape index (κ1) is 34.8. The van der Waals surface area contributed by atoms with Crippen molar-refractivity contribution in [3.05, 3.63) is 62.9 Å². The second-order valence-electron chi connectivity index (χ2n) is 10.2. The molecule has 0 bridgehead atoms. The lowest BCUT2D eigenvalue weighted by Gasteiger charge is -2.24. The zero-order valence-corrected chi connectivity index (χ0v) is 25.8. The smallest absolute Gasteiger partial charge is 0.459 e. The fourth-order valence-corrected chi connectivity index (χ4v) is 7.97. The molecule has 3 saturated heterocycles. The van der Waals surface area contributed by atoms with E-state index in [-0.39, 0.29) is 31.8 Å². The summed E-state index contributed by atoms with van der Waals surface area (Å²) in [6.07, 6.45) is -2.11. The van der Waals surface area contributed by atoms with Crippen molar-refractivity contribution in [2.45, 2.75) is 45.2 Å². The first-order valence-corrected chi connectivity index (χ1v) is 16.9. The van der Waals surface area contributed by atoms with Crippen molar-refractivity contribution in [2.24, 2.45) is 0 Å². The van der Waals surface area contributed by atoms with E-state index in [0.717, 1.165) is 4.57 Å². The lowest BCUT2D eigenvalue weighted by Crippen LogP contribution is -2.36. The van der Waals surface area contributed by atoms with Crippen LogP contribution in [0.25, 0.3) is 0 Å². The van der Waals surface area contributed by atoms with Crippen LogP contribution in [0.1, 0.15) is 32.6 Å². The number of nitrogens with one attached hydrogen (secondary N) is 2. The van der Waals surface area contributed by atoms with Gasteiger partial charge in [0, 0.05) is 38.8 Å². The van der Waals surface area contributed by atoms with Gasteiger partial charge in [-0.05, 0) is 19.1 Å². The van der Waals surface area contributed by atoms with Crippen LogP contribution in [-0.2, 0) is 32.4 Å². The molecule has 16 nitrogen and oxygen atoms in total. The number of para-hydroxylation sites is 1. The van der Waals surface area contributed by atoms with E-state index in [2.05, 4.69) is 26.6 Å². The van der Waals surface area contributed by atoms with Crippen molar-refractivity contribution in [1.29, 1.82) is 0 Å². The Hall–Kier alpha value is -3.09. The quantitative estimate of drug-likeness (QED) is 0.120. The van der Waals surface area contributed by atoms with E-state index in [9.17, 15) is 28.6 Å². The van der Waals surface area contributed by atoms with E-state index in [4.69, 9.17) is 18.3 Å². The molecule has 1 aromatic carbocycles. The summed E-state index contributed by atoms with van der Waals surface area (Å²) < 4.78 is 58.3. The van der Waals surface area contributed by atoms with Gasteiger partial charge in [-0.2, -0.15) is 5.09 Å². The molecule has 246 valence electrons. The SMILES string of the molecule is C.COC(=O)C(C)NP(=O)(OC[C@H]1OC(n2cc(C#CCOP(=O)(N3CC3)N3CC3)c(=O)[nH]c2=O)CC1O)Oc1ccccc1. The lowest BCUT2D eigenvalue weighted by molar-refractivity contribution is -0.142. The van der Waals surface area contributed by atoms with Gasteiger partial charge in [-0.15, -0.1) is 0 Å². The molecule has 0 saturated carbocycles. The third-order valence-electron chi connectivity index (χ3n) is 6.86. The predicted molar refractivity (Wildman–Crippen MR) is 161 cm³/mol. The number of benzene rings is 1. The summed E-state index contributed by atoms with van der Waals surface area (Å²) in [5.41, 5.74) is -1.60. The third kappa shape index (κ3) is 8.59. The average Bonchev–Trinajstić information content (AvgIpc) is 3.92. The van der Waals surface area contributed by atoms with E-state index in [1.807, 2.05) is 0 Å². The first-order chi connectivity index (χ1) is 21.0. The number of aliphatic hydroxyl groups is 1. The van der Waals surface area contributed by atoms with Crippen LogP contribution in [0.3, 0.4) is 0 Å².